The Morgan fingerprint density at radius 1 is 1.21 bits per heavy atom. The predicted molar refractivity (Wildman–Crippen MR) is 127 cm³/mol. The molecule has 1 fully saturated rings. The van der Waals surface area contributed by atoms with Gasteiger partial charge in [-0.1, -0.05) is 6.07 Å². The van der Waals surface area contributed by atoms with Crippen LogP contribution in [0.5, 0.6) is 0 Å². The van der Waals surface area contributed by atoms with Crippen molar-refractivity contribution in [2.75, 3.05) is 25.0 Å². The molecule has 4 heterocycles. The zero-order valence-electron chi connectivity index (χ0n) is 18.6. The van der Waals surface area contributed by atoms with Crippen LogP contribution in [0.25, 0.3) is 21.1 Å². The highest BCUT2D eigenvalue weighted by Gasteiger charge is 2.30. The molecule has 1 aliphatic heterocycles. The topological polar surface area (TPSA) is 71.8 Å². The van der Waals surface area contributed by atoms with E-state index < -0.39 is 12.6 Å². The number of nitrogens with zero attached hydrogens (tertiary/aromatic N) is 5. The first kappa shape index (κ1) is 22.6. The van der Waals surface area contributed by atoms with Crippen molar-refractivity contribution in [3.63, 3.8) is 0 Å². The molecule has 0 saturated carbocycles. The first-order chi connectivity index (χ1) is 16.3. The highest BCUT2D eigenvalue weighted by molar-refractivity contribution is 7.18. The third kappa shape index (κ3) is 4.72. The molecule has 0 unspecified atom stereocenters. The van der Waals surface area contributed by atoms with Crippen LogP contribution in [0.4, 0.5) is 19.0 Å². The fraction of sp³-hybridized carbons (Fsp3) is 0.375. The normalized spacial score (nSPS) is 15.5. The number of hydrogen-bond donors (Lipinski definition) is 1. The van der Waals surface area contributed by atoms with E-state index in [-0.39, 0.29) is 4.88 Å². The summed E-state index contributed by atoms with van der Waals surface area (Å²) in [5.41, 5.74) is 2.70. The fourth-order valence-electron chi connectivity index (χ4n) is 4.71. The summed E-state index contributed by atoms with van der Waals surface area (Å²) in [6, 6.07) is 12.2. The van der Waals surface area contributed by atoms with Crippen molar-refractivity contribution in [3.05, 3.63) is 52.8 Å². The van der Waals surface area contributed by atoms with Gasteiger partial charge in [0, 0.05) is 41.5 Å². The van der Waals surface area contributed by atoms with Gasteiger partial charge < -0.3 is 9.88 Å². The van der Waals surface area contributed by atoms with Gasteiger partial charge in [-0.15, -0.1) is 11.3 Å². The molecule has 3 aromatic heterocycles. The van der Waals surface area contributed by atoms with E-state index in [1.807, 2.05) is 12.1 Å². The number of anilines is 1. The molecule has 34 heavy (non-hydrogen) atoms. The molecule has 5 rings (SSSR count). The zero-order valence-corrected chi connectivity index (χ0v) is 19.4. The number of fused-ring (bicyclic) bond motifs is 2. The fourth-order valence-corrected chi connectivity index (χ4v) is 5.73. The van der Waals surface area contributed by atoms with Gasteiger partial charge in [0.1, 0.15) is 28.7 Å². The third-order valence-electron chi connectivity index (χ3n) is 6.36. The Hall–Kier alpha value is -3.16. The number of piperidine rings is 1. The molecule has 6 nitrogen and oxygen atoms in total. The molecule has 176 valence electrons. The largest absolute Gasteiger partial charge is 0.393 e. The van der Waals surface area contributed by atoms with Crippen molar-refractivity contribution in [3.8, 4) is 6.07 Å². The van der Waals surface area contributed by atoms with Crippen LogP contribution in [0.1, 0.15) is 29.0 Å². The molecule has 0 atom stereocenters. The van der Waals surface area contributed by atoms with Crippen molar-refractivity contribution in [2.45, 2.75) is 38.0 Å². The third-order valence-corrected chi connectivity index (χ3v) is 7.40. The summed E-state index contributed by atoms with van der Waals surface area (Å²) < 4.78 is 38.5. The number of alkyl halides is 3. The number of benzene rings is 1. The molecular weight excluding hydrogens is 461 g/mol. The number of rotatable bonds is 5. The molecule has 0 amide bonds. The average Bonchev–Trinajstić information content (AvgIpc) is 3.40. The van der Waals surface area contributed by atoms with Crippen LogP contribution in [0.15, 0.2) is 36.7 Å². The highest BCUT2D eigenvalue weighted by atomic mass is 32.1. The quantitative estimate of drug-likeness (QED) is 0.419. The second-order valence-corrected chi connectivity index (χ2v) is 9.89. The maximum Gasteiger partial charge on any atom is 0.393 e. The minimum Gasteiger partial charge on any atom is -0.356 e. The van der Waals surface area contributed by atoms with Gasteiger partial charge >= 0.3 is 6.18 Å². The lowest BCUT2D eigenvalue weighted by Gasteiger charge is -2.37. The highest BCUT2D eigenvalue weighted by Crippen LogP contribution is 2.35. The number of aromatic amines is 1. The minimum absolute atomic E-state index is 0.264. The first-order valence-corrected chi connectivity index (χ1v) is 11.9. The molecule has 4 aromatic rings. The van der Waals surface area contributed by atoms with E-state index in [1.165, 1.54) is 11.9 Å². The molecular formula is C24H23F3N6S. The monoisotopic (exact) mass is 484 g/mol. The molecule has 1 N–H and O–H groups in total. The lowest BCUT2D eigenvalue weighted by Crippen LogP contribution is -2.43. The van der Waals surface area contributed by atoms with Crippen LogP contribution in [0, 0.1) is 11.3 Å². The molecule has 0 aliphatic carbocycles. The van der Waals surface area contributed by atoms with E-state index in [1.54, 1.807) is 6.07 Å². The summed E-state index contributed by atoms with van der Waals surface area (Å²) in [6.07, 6.45) is -1.86. The van der Waals surface area contributed by atoms with Gasteiger partial charge in [0.15, 0.2) is 0 Å². The van der Waals surface area contributed by atoms with Crippen molar-refractivity contribution in [1.29, 1.82) is 5.26 Å². The number of nitrogens with one attached hydrogen (secondary N) is 1. The predicted octanol–water partition coefficient (Wildman–Crippen LogP) is 5.25. The van der Waals surface area contributed by atoms with Crippen LogP contribution < -0.4 is 4.90 Å². The van der Waals surface area contributed by atoms with Crippen molar-refractivity contribution < 1.29 is 13.2 Å². The molecule has 0 radical (unpaired) electrons. The Labute approximate surface area is 198 Å². The van der Waals surface area contributed by atoms with E-state index in [4.69, 9.17) is 5.26 Å². The van der Waals surface area contributed by atoms with Gasteiger partial charge in [-0.2, -0.15) is 18.4 Å². The van der Waals surface area contributed by atoms with Gasteiger partial charge in [-0.05, 0) is 49.7 Å². The number of H-pyrrole nitrogens is 1. The minimum atomic E-state index is -4.24. The summed E-state index contributed by atoms with van der Waals surface area (Å²) in [5.74, 6) is 0.724. The molecule has 1 saturated heterocycles. The Morgan fingerprint density at radius 2 is 2.00 bits per heavy atom. The van der Waals surface area contributed by atoms with Crippen LogP contribution in [-0.2, 0) is 13.0 Å². The van der Waals surface area contributed by atoms with Crippen LogP contribution in [0.3, 0.4) is 0 Å². The number of nitriles is 1. The number of thiophene rings is 1. The summed E-state index contributed by atoms with van der Waals surface area (Å²) >= 11 is 1.09. The zero-order chi connectivity index (χ0) is 23.9. The maximum atomic E-state index is 12.8. The number of aromatic nitrogens is 3. The van der Waals surface area contributed by atoms with Gasteiger partial charge in [0.25, 0.3) is 0 Å². The van der Waals surface area contributed by atoms with E-state index in [0.717, 1.165) is 60.5 Å². The summed E-state index contributed by atoms with van der Waals surface area (Å²) in [7, 11) is 2.12. The first-order valence-electron chi connectivity index (χ1n) is 11.1. The summed E-state index contributed by atoms with van der Waals surface area (Å²) in [4.78, 5) is 17.1. The molecule has 0 bridgehead atoms. The molecule has 1 aliphatic rings. The van der Waals surface area contributed by atoms with Gasteiger partial charge in [0.05, 0.1) is 11.8 Å². The van der Waals surface area contributed by atoms with Crippen molar-refractivity contribution >= 4 is 38.3 Å². The van der Waals surface area contributed by atoms with Crippen molar-refractivity contribution in [1.82, 2.24) is 19.9 Å². The number of hydrogen-bond acceptors (Lipinski definition) is 6. The Morgan fingerprint density at radius 3 is 2.74 bits per heavy atom. The second kappa shape index (κ2) is 8.89. The smallest absolute Gasteiger partial charge is 0.356 e. The van der Waals surface area contributed by atoms with Crippen LogP contribution >= 0.6 is 11.3 Å². The average molecular weight is 485 g/mol. The molecule has 10 heteroatoms. The van der Waals surface area contributed by atoms with E-state index >= 15 is 0 Å². The lowest BCUT2D eigenvalue weighted by molar-refractivity contribution is -0.126. The SMILES string of the molecule is CN(Cc1ccc2[nH]c(C#N)cc2c1)C1CCN(c2ncnc3sc(CC(F)(F)F)cc23)CC1. The van der Waals surface area contributed by atoms with Crippen molar-refractivity contribution in [2.24, 2.45) is 0 Å². The van der Waals surface area contributed by atoms with E-state index in [2.05, 4.69) is 50.0 Å². The van der Waals surface area contributed by atoms with Crippen LogP contribution in [0.2, 0.25) is 0 Å². The lowest BCUT2D eigenvalue weighted by atomic mass is 10.0. The summed E-state index contributed by atoms with van der Waals surface area (Å²) in [5, 5.41) is 10.8. The maximum absolute atomic E-state index is 12.8. The van der Waals surface area contributed by atoms with Gasteiger partial charge in [-0.25, -0.2) is 9.97 Å². The molecule has 0 spiro atoms. The van der Waals surface area contributed by atoms with E-state index in [0.29, 0.717) is 22.0 Å². The Balaban J connectivity index is 1.25. The molecule has 1 aromatic carbocycles. The second-order valence-electron chi connectivity index (χ2n) is 8.77. The van der Waals surface area contributed by atoms with Crippen LogP contribution in [-0.4, -0.2) is 52.2 Å². The number of halogens is 3. The Kier molecular flexibility index (Phi) is 5.91. The standard InChI is InChI=1S/C24H23F3N6S/c1-32(13-15-2-3-21-16(8-15)9-17(12-28)31-21)18-4-6-33(7-5-18)22-20-10-19(11-24(25,26)27)34-23(20)30-14-29-22/h2-3,8-10,14,18,31H,4-7,11,13H2,1H3. The van der Waals surface area contributed by atoms with Gasteiger partial charge in [-0.3, -0.25) is 4.90 Å². The van der Waals surface area contributed by atoms with Gasteiger partial charge in [0.2, 0.25) is 0 Å². The van der Waals surface area contributed by atoms with E-state index in [9.17, 15) is 13.2 Å². The summed E-state index contributed by atoms with van der Waals surface area (Å²) in [6.45, 7) is 2.37. The Bertz CT molecular complexity index is 1360.